The van der Waals surface area contributed by atoms with Crippen LogP contribution in [-0.2, 0) is 10.4 Å². The van der Waals surface area contributed by atoms with E-state index in [2.05, 4.69) is 0 Å². The predicted octanol–water partition coefficient (Wildman–Crippen LogP) is -5.83. The third-order valence-corrected chi connectivity index (χ3v) is 0. The summed E-state index contributed by atoms with van der Waals surface area (Å²) in [6.45, 7) is 0. The maximum Gasteiger partial charge on any atom is 2.00 e. The zero-order chi connectivity index (χ0) is 8.08. The first kappa shape index (κ1) is 22.8. The third-order valence-electron chi connectivity index (χ3n) is 0. The predicted molar refractivity (Wildman–Crippen MR) is 24.3 cm³/mol. The molecule has 7 nitrogen and oxygen atoms in total. The molecule has 0 bridgehead atoms. The summed E-state index contributed by atoms with van der Waals surface area (Å²) in [5, 5.41) is 15.3. The van der Waals surface area contributed by atoms with Crippen LogP contribution < -0.4 is 34.7 Å². The molecular formula is CHCaNaO7S. The van der Waals surface area contributed by atoms with Gasteiger partial charge >= 0.3 is 67.3 Å². The van der Waals surface area contributed by atoms with Gasteiger partial charge in [-0.05, 0) is 0 Å². The molecule has 0 atom stereocenters. The number of carbonyl (C=O) groups is 1. The van der Waals surface area contributed by atoms with Gasteiger partial charge in [-0.1, -0.05) is 0 Å². The summed E-state index contributed by atoms with van der Waals surface area (Å²) in [6, 6.07) is 0. The second-order valence-corrected chi connectivity index (χ2v) is 1.49. The average Bonchev–Trinajstić information content (AvgIpc) is 1.19. The van der Waals surface area contributed by atoms with Gasteiger partial charge in [0.25, 0.3) is 0 Å². The van der Waals surface area contributed by atoms with Crippen molar-refractivity contribution in [1.29, 1.82) is 0 Å². The smallest absolute Gasteiger partial charge is 0.759 e. The molecule has 0 amide bonds. The van der Waals surface area contributed by atoms with Gasteiger partial charge in [-0.25, -0.2) is 0 Å². The van der Waals surface area contributed by atoms with Crippen LogP contribution in [0.25, 0.3) is 0 Å². The van der Waals surface area contributed by atoms with Crippen molar-refractivity contribution in [2.24, 2.45) is 0 Å². The molecule has 0 heterocycles. The van der Waals surface area contributed by atoms with E-state index in [0.29, 0.717) is 0 Å². The van der Waals surface area contributed by atoms with Crippen LogP contribution in [0.5, 0.6) is 0 Å². The normalized spacial score (nSPS) is 7.45. The van der Waals surface area contributed by atoms with E-state index in [4.69, 9.17) is 32.5 Å². The van der Waals surface area contributed by atoms with Crippen LogP contribution >= 0.6 is 0 Å². The van der Waals surface area contributed by atoms with Crippen LogP contribution in [0.3, 0.4) is 0 Å². The van der Waals surface area contributed by atoms with Gasteiger partial charge in [-0.15, -0.1) is 0 Å². The zero-order valence-electron chi connectivity index (χ0n) is 5.51. The fourth-order valence-electron chi connectivity index (χ4n) is 0. The van der Waals surface area contributed by atoms with Crippen molar-refractivity contribution in [2.45, 2.75) is 0 Å². The molecule has 0 aromatic carbocycles. The van der Waals surface area contributed by atoms with Crippen molar-refractivity contribution >= 4 is 54.3 Å². The van der Waals surface area contributed by atoms with Gasteiger partial charge in [-0.3, -0.25) is 8.42 Å². The van der Waals surface area contributed by atoms with Crippen LogP contribution in [0.1, 0.15) is 0 Å². The molecule has 0 saturated heterocycles. The molecule has 0 unspecified atom stereocenters. The van der Waals surface area contributed by atoms with E-state index >= 15 is 0 Å². The fourth-order valence-corrected chi connectivity index (χ4v) is 0. The minimum absolute atomic E-state index is 0. The first-order valence-corrected chi connectivity index (χ1v) is 2.63. The Morgan fingerprint density at radius 1 is 1.27 bits per heavy atom. The van der Waals surface area contributed by atoms with E-state index in [1.54, 1.807) is 0 Å². The molecule has 0 saturated carbocycles. The Morgan fingerprint density at radius 3 is 1.27 bits per heavy atom. The van der Waals surface area contributed by atoms with Crippen molar-refractivity contribution < 1.29 is 62.1 Å². The van der Waals surface area contributed by atoms with Crippen molar-refractivity contribution in [3.05, 3.63) is 0 Å². The van der Waals surface area contributed by atoms with Crippen molar-refractivity contribution in [3.63, 3.8) is 0 Å². The Kier molecular flexibility index (Phi) is 23.7. The van der Waals surface area contributed by atoms with E-state index in [1.165, 1.54) is 0 Å². The minimum Gasteiger partial charge on any atom is -0.759 e. The van der Waals surface area contributed by atoms with Crippen LogP contribution in [0, 0.1) is 0 Å². The Morgan fingerprint density at radius 2 is 1.27 bits per heavy atom. The molecule has 0 aliphatic heterocycles. The van der Waals surface area contributed by atoms with E-state index in [1.807, 2.05) is 0 Å². The SMILES string of the molecule is O=C([O-])O.O=S(=O)([O-])[O-].[Ca+2].[Na+]. The Balaban J connectivity index is -0.0000000383. The number of rotatable bonds is 0. The Bertz CT molecular complexity index is 161. The van der Waals surface area contributed by atoms with Gasteiger partial charge in [0, 0.05) is 10.4 Å². The van der Waals surface area contributed by atoms with E-state index in [0.717, 1.165) is 0 Å². The van der Waals surface area contributed by atoms with Gasteiger partial charge in [-0.2, -0.15) is 0 Å². The maximum atomic E-state index is 8.52. The first-order chi connectivity index (χ1) is 3.73. The van der Waals surface area contributed by atoms with Gasteiger partial charge in [0.2, 0.25) is 6.16 Å². The largest absolute Gasteiger partial charge is 2.00 e. The van der Waals surface area contributed by atoms with Crippen molar-refractivity contribution in [2.75, 3.05) is 0 Å². The molecule has 0 radical (unpaired) electrons. The summed E-state index contributed by atoms with van der Waals surface area (Å²) in [6.07, 6.45) is -2.08. The molecule has 0 rings (SSSR count). The fraction of sp³-hybridized carbons (Fsp3) is 0. The Labute approximate surface area is 115 Å². The summed E-state index contributed by atoms with van der Waals surface area (Å²) in [4.78, 5) is 8.44. The summed E-state index contributed by atoms with van der Waals surface area (Å²) in [7, 11) is -5.17. The van der Waals surface area contributed by atoms with Gasteiger partial charge < -0.3 is 24.1 Å². The molecule has 0 aliphatic carbocycles. The summed E-state index contributed by atoms with van der Waals surface area (Å²) < 4.78 is 34.1. The molecule has 0 aliphatic rings. The first-order valence-electron chi connectivity index (χ1n) is 1.30. The van der Waals surface area contributed by atoms with Gasteiger partial charge in [0.15, 0.2) is 0 Å². The summed E-state index contributed by atoms with van der Waals surface area (Å²) >= 11 is 0. The number of hydrogen-bond donors (Lipinski definition) is 1. The molecule has 0 fully saturated rings. The molecule has 0 aromatic heterocycles. The zero-order valence-corrected chi connectivity index (χ0v) is 10.5. The topological polar surface area (TPSA) is 141 Å². The molecular weight excluding hydrogens is 219 g/mol. The van der Waals surface area contributed by atoms with E-state index in [9.17, 15) is 0 Å². The second-order valence-electron chi connectivity index (χ2n) is 0.674. The van der Waals surface area contributed by atoms with Gasteiger partial charge in [0.1, 0.15) is 0 Å². The summed E-state index contributed by atoms with van der Waals surface area (Å²) in [5.74, 6) is 0. The average molecular weight is 220 g/mol. The Hall–Kier alpha value is 1.40. The quantitative estimate of drug-likeness (QED) is 0.243. The standard InChI is InChI=1S/CH2O3.Ca.Na.H2O4S/c2-1(3)4;;;1-5(2,3)4/h(H2,2,3,4);;;(H2,1,2,3,4)/q;+2;+1;/p-3. The van der Waals surface area contributed by atoms with Crippen molar-refractivity contribution in [3.8, 4) is 0 Å². The third kappa shape index (κ3) is 514. The van der Waals surface area contributed by atoms with Crippen LogP contribution in [-0.4, -0.2) is 66.5 Å². The molecule has 0 spiro atoms. The monoisotopic (exact) mass is 220 g/mol. The molecule has 10 heteroatoms. The molecule has 0 aromatic rings. The maximum absolute atomic E-state index is 8.52. The molecule has 56 valence electrons. The van der Waals surface area contributed by atoms with Crippen LogP contribution in [0.15, 0.2) is 0 Å². The summed E-state index contributed by atoms with van der Waals surface area (Å²) in [5.41, 5.74) is 0. The number of hydrogen-bond acceptors (Lipinski definition) is 6. The van der Waals surface area contributed by atoms with Crippen LogP contribution in [0.4, 0.5) is 4.79 Å². The van der Waals surface area contributed by atoms with E-state index in [-0.39, 0.29) is 67.3 Å². The van der Waals surface area contributed by atoms with E-state index < -0.39 is 16.6 Å². The molecule has 1 N–H and O–H groups in total. The van der Waals surface area contributed by atoms with Crippen molar-refractivity contribution in [1.82, 2.24) is 0 Å². The second kappa shape index (κ2) is 11.4. The molecule has 11 heavy (non-hydrogen) atoms. The number of carboxylic acid groups (broad SMARTS) is 2. The van der Waals surface area contributed by atoms with Crippen LogP contribution in [0.2, 0.25) is 0 Å². The van der Waals surface area contributed by atoms with Gasteiger partial charge in [0.05, 0.1) is 0 Å². The minimum atomic E-state index is -5.17.